The molecule has 2 aliphatic rings. The number of esters is 1. The highest BCUT2D eigenvalue weighted by Gasteiger charge is 2.28. The number of carbonyl (C=O) groups excluding carboxylic acids is 1. The van der Waals surface area contributed by atoms with Crippen LogP contribution in [0.1, 0.15) is 35.0 Å². The number of carbonyl (C=O) groups is 1. The molecule has 2 aromatic heterocycles. The van der Waals surface area contributed by atoms with Gasteiger partial charge in [-0.3, -0.25) is 4.68 Å². The number of benzene rings is 1. The minimum absolute atomic E-state index is 0.333. The second-order valence-corrected chi connectivity index (χ2v) is 8.90. The van der Waals surface area contributed by atoms with Gasteiger partial charge in [-0.2, -0.15) is 5.10 Å². The van der Waals surface area contributed by atoms with Gasteiger partial charge in [0.05, 0.1) is 12.3 Å². The number of nitrogens with zero attached hydrogens (tertiary/aromatic N) is 6. The largest absolute Gasteiger partial charge is 0.461 e. The fourth-order valence-corrected chi connectivity index (χ4v) is 4.71. The second-order valence-electron chi connectivity index (χ2n) is 8.90. The standard InChI is InChI=1S/C25H31N7O2/c1-4-34-24(33)23-20-7-5-6-17-16-26-25(28-21(17)22(20)29-31(23)3)27-18-8-10-19(11-9-18)32-14-12-30(2)13-15-32/h8-11,16H,4-7,12-15H2,1-3H3,(H,26,27,28). The number of nitrogens with one attached hydrogen (secondary N) is 1. The zero-order valence-electron chi connectivity index (χ0n) is 20.0. The van der Waals surface area contributed by atoms with Gasteiger partial charge >= 0.3 is 5.97 Å². The summed E-state index contributed by atoms with van der Waals surface area (Å²) in [7, 11) is 3.94. The molecule has 3 heterocycles. The van der Waals surface area contributed by atoms with Crippen molar-refractivity contribution in [2.75, 3.05) is 50.1 Å². The van der Waals surface area contributed by atoms with Gasteiger partial charge in [0.2, 0.25) is 5.95 Å². The van der Waals surface area contributed by atoms with Crippen LogP contribution < -0.4 is 10.2 Å². The van der Waals surface area contributed by atoms with E-state index in [1.165, 1.54) is 5.69 Å². The molecule has 0 radical (unpaired) electrons. The van der Waals surface area contributed by atoms with E-state index >= 15 is 0 Å². The van der Waals surface area contributed by atoms with Gasteiger partial charge in [-0.25, -0.2) is 14.8 Å². The van der Waals surface area contributed by atoms with Crippen molar-refractivity contribution in [2.45, 2.75) is 26.2 Å². The maximum Gasteiger partial charge on any atom is 0.356 e. The molecule has 9 nitrogen and oxygen atoms in total. The Labute approximate surface area is 199 Å². The van der Waals surface area contributed by atoms with Gasteiger partial charge in [-0.1, -0.05) is 0 Å². The SMILES string of the molecule is CCOC(=O)c1c2c(nn1C)-c1nc(Nc3ccc(N4CCN(C)CC4)cc3)ncc1CCC2. The van der Waals surface area contributed by atoms with E-state index in [2.05, 4.69) is 56.5 Å². The number of aryl methyl sites for hydroxylation is 2. The molecule has 0 saturated carbocycles. The van der Waals surface area contributed by atoms with Gasteiger partial charge in [0.25, 0.3) is 0 Å². The van der Waals surface area contributed by atoms with Crippen molar-refractivity contribution in [3.8, 4) is 11.4 Å². The third-order valence-electron chi connectivity index (χ3n) is 6.57. The van der Waals surface area contributed by atoms with Gasteiger partial charge in [0, 0.05) is 56.4 Å². The molecule has 0 unspecified atom stereocenters. The molecule has 0 amide bonds. The molecule has 3 aromatic rings. The number of piperazine rings is 1. The molecule has 1 aliphatic heterocycles. The van der Waals surface area contributed by atoms with E-state index in [-0.39, 0.29) is 5.97 Å². The van der Waals surface area contributed by atoms with Gasteiger partial charge in [-0.15, -0.1) is 0 Å². The normalized spacial score (nSPS) is 15.9. The van der Waals surface area contributed by atoms with E-state index in [4.69, 9.17) is 9.72 Å². The number of hydrogen-bond donors (Lipinski definition) is 1. The Hall–Kier alpha value is -3.46. The minimum atomic E-state index is -0.338. The first-order valence-corrected chi connectivity index (χ1v) is 11.9. The maximum absolute atomic E-state index is 12.6. The quantitative estimate of drug-likeness (QED) is 0.580. The van der Waals surface area contributed by atoms with Crippen LogP contribution in [0, 0.1) is 0 Å². The molecule has 0 bridgehead atoms. The van der Waals surface area contributed by atoms with E-state index in [1.54, 1.807) is 11.7 Å². The van der Waals surface area contributed by atoms with Crippen LogP contribution in [0.15, 0.2) is 30.5 Å². The van der Waals surface area contributed by atoms with Gasteiger partial charge in [0.15, 0.2) is 0 Å². The van der Waals surface area contributed by atoms with Crippen LogP contribution in [0.2, 0.25) is 0 Å². The van der Waals surface area contributed by atoms with Crippen molar-refractivity contribution in [1.82, 2.24) is 24.6 Å². The van der Waals surface area contributed by atoms with Crippen molar-refractivity contribution in [1.29, 1.82) is 0 Å². The molecule has 0 atom stereocenters. The summed E-state index contributed by atoms with van der Waals surface area (Å²) in [5, 5.41) is 7.99. The van der Waals surface area contributed by atoms with Crippen LogP contribution in [-0.2, 0) is 24.6 Å². The second kappa shape index (κ2) is 9.42. The van der Waals surface area contributed by atoms with Crippen LogP contribution in [0.5, 0.6) is 0 Å². The number of fused-ring (bicyclic) bond motifs is 3. The number of likely N-dealkylation sites (N-methyl/N-ethyl adjacent to an activating group) is 1. The third-order valence-corrected chi connectivity index (χ3v) is 6.57. The smallest absolute Gasteiger partial charge is 0.356 e. The Kier molecular flexibility index (Phi) is 6.19. The lowest BCUT2D eigenvalue weighted by Gasteiger charge is -2.34. The first kappa shape index (κ1) is 22.3. The van der Waals surface area contributed by atoms with Crippen molar-refractivity contribution in [3.05, 3.63) is 47.3 Å². The molecular weight excluding hydrogens is 430 g/mol. The lowest BCUT2D eigenvalue weighted by atomic mass is 10.1. The molecule has 1 aliphatic carbocycles. The zero-order chi connectivity index (χ0) is 23.7. The topological polar surface area (TPSA) is 88.4 Å². The fraction of sp³-hybridized carbons (Fsp3) is 0.440. The van der Waals surface area contributed by atoms with Crippen LogP contribution in [-0.4, -0.2) is 70.5 Å². The zero-order valence-corrected chi connectivity index (χ0v) is 20.0. The Bertz CT molecular complexity index is 1180. The summed E-state index contributed by atoms with van der Waals surface area (Å²) < 4.78 is 6.89. The fourth-order valence-electron chi connectivity index (χ4n) is 4.71. The molecule has 1 saturated heterocycles. The monoisotopic (exact) mass is 461 g/mol. The van der Waals surface area contributed by atoms with E-state index in [0.717, 1.165) is 73.6 Å². The Morgan fingerprint density at radius 3 is 2.56 bits per heavy atom. The Balaban J connectivity index is 1.39. The van der Waals surface area contributed by atoms with Gasteiger partial charge in [0.1, 0.15) is 11.4 Å². The molecule has 0 spiro atoms. The Morgan fingerprint density at radius 1 is 1.06 bits per heavy atom. The third kappa shape index (κ3) is 4.35. The van der Waals surface area contributed by atoms with E-state index in [0.29, 0.717) is 18.2 Å². The van der Waals surface area contributed by atoms with Crippen LogP contribution in [0.3, 0.4) is 0 Å². The number of anilines is 3. The van der Waals surface area contributed by atoms with Crippen molar-refractivity contribution >= 4 is 23.3 Å². The molecule has 34 heavy (non-hydrogen) atoms. The summed E-state index contributed by atoms with van der Waals surface area (Å²) in [4.78, 5) is 26.7. The predicted molar refractivity (Wildman–Crippen MR) is 132 cm³/mol. The van der Waals surface area contributed by atoms with Crippen molar-refractivity contribution in [3.63, 3.8) is 0 Å². The minimum Gasteiger partial charge on any atom is -0.461 e. The summed E-state index contributed by atoms with van der Waals surface area (Å²) in [6.45, 7) is 6.38. The first-order valence-electron chi connectivity index (χ1n) is 11.9. The van der Waals surface area contributed by atoms with E-state index in [9.17, 15) is 4.79 Å². The summed E-state index contributed by atoms with van der Waals surface area (Å²) >= 11 is 0. The van der Waals surface area contributed by atoms with E-state index < -0.39 is 0 Å². The number of ether oxygens (including phenoxy) is 1. The highest BCUT2D eigenvalue weighted by atomic mass is 16.5. The highest BCUT2D eigenvalue weighted by molar-refractivity contribution is 5.91. The average molecular weight is 462 g/mol. The van der Waals surface area contributed by atoms with Gasteiger partial charge < -0.3 is 19.9 Å². The summed E-state index contributed by atoms with van der Waals surface area (Å²) in [6, 6.07) is 8.40. The molecule has 1 aromatic carbocycles. The Morgan fingerprint density at radius 2 is 1.82 bits per heavy atom. The molecule has 178 valence electrons. The molecule has 9 heteroatoms. The lowest BCUT2D eigenvalue weighted by Crippen LogP contribution is -2.44. The van der Waals surface area contributed by atoms with Crippen molar-refractivity contribution in [2.24, 2.45) is 7.05 Å². The van der Waals surface area contributed by atoms with Crippen LogP contribution >= 0.6 is 0 Å². The summed E-state index contributed by atoms with van der Waals surface area (Å²) in [5.41, 5.74) is 6.14. The van der Waals surface area contributed by atoms with Crippen LogP contribution in [0.4, 0.5) is 17.3 Å². The van der Waals surface area contributed by atoms with Gasteiger partial charge in [-0.05, 0) is 63.1 Å². The highest BCUT2D eigenvalue weighted by Crippen LogP contribution is 2.33. The lowest BCUT2D eigenvalue weighted by molar-refractivity contribution is 0.0512. The predicted octanol–water partition coefficient (Wildman–Crippen LogP) is 3.04. The number of aromatic nitrogens is 4. The summed E-state index contributed by atoms with van der Waals surface area (Å²) in [6.07, 6.45) is 4.38. The van der Waals surface area contributed by atoms with E-state index in [1.807, 2.05) is 13.1 Å². The molecule has 5 rings (SSSR count). The first-order chi connectivity index (χ1) is 16.5. The average Bonchev–Trinajstić information content (AvgIpc) is 3.07. The molecular formula is C25H31N7O2. The number of rotatable bonds is 5. The van der Waals surface area contributed by atoms with Crippen molar-refractivity contribution < 1.29 is 9.53 Å². The molecule has 1 fully saturated rings. The maximum atomic E-state index is 12.6. The molecule has 1 N–H and O–H groups in total. The summed E-state index contributed by atoms with van der Waals surface area (Å²) in [5.74, 6) is 0.178. The van der Waals surface area contributed by atoms with Crippen LogP contribution in [0.25, 0.3) is 11.4 Å². The number of hydrogen-bond acceptors (Lipinski definition) is 8.